The first-order valence-electron chi connectivity index (χ1n) is 5.63. The highest BCUT2D eigenvalue weighted by molar-refractivity contribution is 9.10. The minimum atomic E-state index is -0.411. The Labute approximate surface area is 128 Å². The SMILES string of the molecule is NC(=O)CSc1ccccc1NC(=O)c1ccc(Br)o1. The summed E-state index contributed by atoms with van der Waals surface area (Å²) in [5.74, 6) is -0.417. The highest BCUT2D eigenvalue weighted by atomic mass is 79.9. The molecule has 1 aromatic carbocycles. The maximum absolute atomic E-state index is 12.0. The average molecular weight is 355 g/mol. The maximum atomic E-state index is 12.0. The van der Waals surface area contributed by atoms with Crippen LogP contribution in [-0.4, -0.2) is 17.6 Å². The summed E-state index contributed by atoms with van der Waals surface area (Å²) < 4.78 is 5.66. The van der Waals surface area contributed by atoms with Crippen LogP contribution in [0, 0.1) is 0 Å². The Balaban J connectivity index is 2.12. The number of benzene rings is 1. The molecule has 0 radical (unpaired) electrons. The Morgan fingerprint density at radius 3 is 2.65 bits per heavy atom. The van der Waals surface area contributed by atoms with Crippen molar-refractivity contribution in [3.05, 3.63) is 46.8 Å². The number of rotatable bonds is 5. The number of hydrogen-bond donors (Lipinski definition) is 2. The van der Waals surface area contributed by atoms with Crippen molar-refractivity contribution in [1.29, 1.82) is 0 Å². The number of furan rings is 1. The third-order valence-electron chi connectivity index (χ3n) is 2.30. The molecule has 1 heterocycles. The van der Waals surface area contributed by atoms with Crippen molar-refractivity contribution >= 4 is 45.2 Å². The maximum Gasteiger partial charge on any atom is 0.291 e. The zero-order chi connectivity index (χ0) is 14.5. The quantitative estimate of drug-likeness (QED) is 0.808. The third kappa shape index (κ3) is 3.88. The topological polar surface area (TPSA) is 85.3 Å². The van der Waals surface area contributed by atoms with Gasteiger partial charge in [0.05, 0.1) is 11.4 Å². The molecule has 2 rings (SSSR count). The number of para-hydroxylation sites is 1. The molecular weight excluding hydrogens is 344 g/mol. The molecule has 7 heteroatoms. The van der Waals surface area contributed by atoms with Crippen LogP contribution in [-0.2, 0) is 4.79 Å². The van der Waals surface area contributed by atoms with Gasteiger partial charge in [0.2, 0.25) is 5.91 Å². The molecule has 1 aromatic heterocycles. The van der Waals surface area contributed by atoms with E-state index in [0.717, 1.165) is 4.90 Å². The standard InChI is InChI=1S/C13H11BrN2O3S/c14-11-6-5-9(19-11)13(18)16-8-3-1-2-4-10(8)20-7-12(15)17/h1-6H,7H2,(H2,15,17)(H,16,18). The molecule has 0 saturated heterocycles. The van der Waals surface area contributed by atoms with Gasteiger partial charge in [-0.1, -0.05) is 12.1 Å². The van der Waals surface area contributed by atoms with Gasteiger partial charge in [-0.2, -0.15) is 0 Å². The predicted molar refractivity (Wildman–Crippen MR) is 80.7 cm³/mol. The second-order valence-electron chi connectivity index (χ2n) is 3.81. The van der Waals surface area contributed by atoms with E-state index < -0.39 is 5.91 Å². The van der Waals surface area contributed by atoms with Gasteiger partial charge < -0.3 is 15.5 Å². The Kier molecular flexibility index (Phi) is 4.86. The van der Waals surface area contributed by atoms with Gasteiger partial charge in [0.25, 0.3) is 5.91 Å². The minimum Gasteiger partial charge on any atom is -0.444 e. The largest absolute Gasteiger partial charge is 0.444 e. The van der Waals surface area contributed by atoms with Gasteiger partial charge in [-0.25, -0.2) is 0 Å². The van der Waals surface area contributed by atoms with Crippen molar-refractivity contribution in [3.8, 4) is 0 Å². The van der Waals surface area contributed by atoms with E-state index in [9.17, 15) is 9.59 Å². The summed E-state index contributed by atoms with van der Waals surface area (Å²) in [4.78, 5) is 23.6. The predicted octanol–water partition coefficient (Wildman–Crippen LogP) is 2.87. The molecule has 5 nitrogen and oxygen atoms in total. The third-order valence-corrected chi connectivity index (χ3v) is 3.82. The van der Waals surface area contributed by atoms with Crippen molar-refractivity contribution < 1.29 is 14.0 Å². The minimum absolute atomic E-state index is 0.152. The molecule has 0 fully saturated rings. The monoisotopic (exact) mass is 354 g/mol. The van der Waals surface area contributed by atoms with E-state index >= 15 is 0 Å². The number of hydrogen-bond acceptors (Lipinski definition) is 4. The fourth-order valence-corrected chi connectivity index (χ4v) is 2.52. The number of carbonyl (C=O) groups is 2. The Morgan fingerprint density at radius 2 is 2.00 bits per heavy atom. The number of halogens is 1. The van der Waals surface area contributed by atoms with Gasteiger partial charge in [-0.05, 0) is 40.2 Å². The van der Waals surface area contributed by atoms with E-state index in [-0.39, 0.29) is 17.4 Å². The molecule has 0 aliphatic rings. The van der Waals surface area contributed by atoms with Crippen LogP contribution in [0.2, 0.25) is 0 Å². The summed E-state index contributed by atoms with van der Waals surface area (Å²) >= 11 is 4.41. The van der Waals surface area contributed by atoms with Crippen molar-refractivity contribution in [2.45, 2.75) is 4.90 Å². The lowest BCUT2D eigenvalue weighted by Gasteiger charge is -2.08. The molecule has 0 bridgehead atoms. The van der Waals surface area contributed by atoms with Crippen LogP contribution in [0.1, 0.15) is 10.6 Å². The van der Waals surface area contributed by atoms with Gasteiger partial charge in [0.1, 0.15) is 0 Å². The average Bonchev–Trinajstić information content (AvgIpc) is 2.84. The van der Waals surface area contributed by atoms with Crippen LogP contribution in [0.5, 0.6) is 0 Å². The normalized spacial score (nSPS) is 10.2. The first-order chi connectivity index (χ1) is 9.56. The van der Waals surface area contributed by atoms with Crippen LogP contribution in [0.4, 0.5) is 5.69 Å². The van der Waals surface area contributed by atoms with Crippen molar-refractivity contribution in [2.75, 3.05) is 11.1 Å². The zero-order valence-corrected chi connectivity index (χ0v) is 12.7. The number of thioether (sulfide) groups is 1. The summed E-state index contributed by atoms with van der Waals surface area (Å²) in [5, 5.41) is 2.74. The lowest BCUT2D eigenvalue weighted by atomic mass is 10.3. The molecule has 104 valence electrons. The van der Waals surface area contributed by atoms with Gasteiger partial charge in [0.15, 0.2) is 10.4 Å². The number of nitrogens with one attached hydrogen (secondary N) is 1. The summed E-state index contributed by atoms with van der Waals surface area (Å²) in [6, 6.07) is 10.4. The van der Waals surface area contributed by atoms with Gasteiger partial charge in [-0.3, -0.25) is 9.59 Å². The molecule has 0 aliphatic heterocycles. The molecule has 0 aliphatic carbocycles. The lowest BCUT2D eigenvalue weighted by molar-refractivity contribution is -0.115. The number of primary amides is 1. The molecule has 0 saturated carbocycles. The first kappa shape index (κ1) is 14.7. The molecule has 2 amide bonds. The zero-order valence-electron chi connectivity index (χ0n) is 10.3. The molecule has 0 atom stereocenters. The molecule has 20 heavy (non-hydrogen) atoms. The Hall–Kier alpha value is -1.73. The van der Waals surface area contributed by atoms with Crippen LogP contribution < -0.4 is 11.1 Å². The van der Waals surface area contributed by atoms with Crippen LogP contribution >= 0.6 is 27.7 Å². The van der Waals surface area contributed by atoms with E-state index in [1.807, 2.05) is 6.07 Å². The number of carbonyl (C=O) groups excluding carboxylic acids is 2. The summed E-state index contributed by atoms with van der Waals surface area (Å²) in [6.45, 7) is 0. The summed E-state index contributed by atoms with van der Waals surface area (Å²) in [5.41, 5.74) is 5.73. The Morgan fingerprint density at radius 1 is 1.25 bits per heavy atom. The number of anilines is 1. The number of amides is 2. The first-order valence-corrected chi connectivity index (χ1v) is 7.41. The molecule has 3 N–H and O–H groups in total. The van der Waals surface area contributed by atoms with E-state index in [1.54, 1.807) is 30.3 Å². The molecule has 2 aromatic rings. The molecular formula is C13H11BrN2O3S. The lowest BCUT2D eigenvalue weighted by Crippen LogP contribution is -2.14. The van der Waals surface area contributed by atoms with Crippen LogP contribution in [0.3, 0.4) is 0 Å². The van der Waals surface area contributed by atoms with Crippen LogP contribution in [0.25, 0.3) is 0 Å². The highest BCUT2D eigenvalue weighted by Crippen LogP contribution is 2.27. The second kappa shape index (κ2) is 6.62. The van der Waals surface area contributed by atoms with Crippen molar-refractivity contribution in [3.63, 3.8) is 0 Å². The van der Waals surface area contributed by atoms with E-state index in [2.05, 4.69) is 21.2 Å². The van der Waals surface area contributed by atoms with Gasteiger partial charge in [0, 0.05) is 4.90 Å². The number of nitrogens with two attached hydrogens (primary N) is 1. The van der Waals surface area contributed by atoms with E-state index in [1.165, 1.54) is 11.8 Å². The van der Waals surface area contributed by atoms with Crippen LogP contribution in [0.15, 0.2) is 50.4 Å². The highest BCUT2D eigenvalue weighted by Gasteiger charge is 2.13. The fraction of sp³-hybridized carbons (Fsp3) is 0.0769. The van der Waals surface area contributed by atoms with Crippen molar-refractivity contribution in [2.24, 2.45) is 5.73 Å². The Bertz CT molecular complexity index is 642. The van der Waals surface area contributed by atoms with Gasteiger partial charge in [-0.15, -0.1) is 11.8 Å². The fourth-order valence-electron chi connectivity index (χ4n) is 1.46. The second-order valence-corrected chi connectivity index (χ2v) is 5.61. The summed E-state index contributed by atoms with van der Waals surface area (Å²) in [7, 11) is 0. The smallest absolute Gasteiger partial charge is 0.291 e. The molecule has 0 spiro atoms. The summed E-state index contributed by atoms with van der Waals surface area (Å²) in [6.07, 6.45) is 0. The van der Waals surface area contributed by atoms with E-state index in [4.69, 9.17) is 10.2 Å². The van der Waals surface area contributed by atoms with Gasteiger partial charge >= 0.3 is 0 Å². The van der Waals surface area contributed by atoms with Crippen molar-refractivity contribution in [1.82, 2.24) is 0 Å². The molecule has 0 unspecified atom stereocenters. The van der Waals surface area contributed by atoms with E-state index in [0.29, 0.717) is 10.4 Å².